The number of likely N-dealkylation sites (N-methyl/N-ethyl adjacent to an activating group) is 1. The molecule has 116 valence electrons. The summed E-state index contributed by atoms with van der Waals surface area (Å²) in [5.41, 5.74) is 5.02. The van der Waals surface area contributed by atoms with Gasteiger partial charge in [0.15, 0.2) is 0 Å². The van der Waals surface area contributed by atoms with E-state index in [1.165, 1.54) is 0 Å². The molecule has 2 amide bonds. The average molecular weight is 284 g/mol. The Morgan fingerprint density at radius 1 is 1.10 bits per heavy atom. The first kappa shape index (κ1) is 16.9. The Hall–Kier alpha value is -1.14. The molecule has 2 N–H and O–H groups in total. The maximum atomic E-state index is 12.1. The molecule has 0 atom stereocenters. The van der Waals surface area contributed by atoms with Gasteiger partial charge < -0.3 is 15.5 Å². The molecule has 1 fully saturated rings. The van der Waals surface area contributed by atoms with Crippen LogP contribution < -0.4 is 5.73 Å². The van der Waals surface area contributed by atoms with Crippen molar-refractivity contribution in [2.75, 3.05) is 45.8 Å². The number of nitrogens with two attached hydrogens (primary N) is 1. The van der Waals surface area contributed by atoms with E-state index in [-0.39, 0.29) is 11.8 Å². The van der Waals surface area contributed by atoms with Crippen molar-refractivity contribution in [2.24, 2.45) is 5.73 Å². The maximum absolute atomic E-state index is 12.1. The van der Waals surface area contributed by atoms with Crippen LogP contribution in [0.4, 0.5) is 0 Å². The van der Waals surface area contributed by atoms with Crippen molar-refractivity contribution in [1.29, 1.82) is 0 Å². The van der Waals surface area contributed by atoms with Gasteiger partial charge >= 0.3 is 0 Å². The Labute approximate surface area is 121 Å². The molecule has 1 rings (SSSR count). The highest BCUT2D eigenvalue weighted by molar-refractivity contribution is 5.85. The van der Waals surface area contributed by atoms with Crippen molar-refractivity contribution in [2.45, 2.75) is 33.2 Å². The fourth-order valence-electron chi connectivity index (χ4n) is 2.38. The van der Waals surface area contributed by atoms with Crippen molar-refractivity contribution >= 4 is 11.8 Å². The minimum Gasteiger partial charge on any atom is -0.342 e. The van der Waals surface area contributed by atoms with Crippen LogP contribution in [0.25, 0.3) is 0 Å². The third-order valence-corrected chi connectivity index (χ3v) is 3.69. The number of carbonyl (C=O) groups excluding carboxylic acids is 2. The molecule has 0 aliphatic carbocycles. The lowest BCUT2D eigenvalue weighted by Crippen LogP contribution is -2.57. The summed E-state index contributed by atoms with van der Waals surface area (Å²) in [4.78, 5) is 29.8. The molecule has 1 aliphatic rings. The largest absolute Gasteiger partial charge is 0.342 e. The fraction of sp³-hybridized carbons (Fsp3) is 0.857. The number of hydrogen-bond acceptors (Lipinski definition) is 4. The van der Waals surface area contributed by atoms with Crippen LogP contribution in [0, 0.1) is 0 Å². The van der Waals surface area contributed by atoms with Gasteiger partial charge in [0, 0.05) is 39.3 Å². The van der Waals surface area contributed by atoms with Gasteiger partial charge in [-0.05, 0) is 27.7 Å². The molecule has 1 saturated heterocycles. The first-order valence-electron chi connectivity index (χ1n) is 7.38. The van der Waals surface area contributed by atoms with Crippen LogP contribution in [-0.4, -0.2) is 77.9 Å². The molecule has 0 unspecified atom stereocenters. The van der Waals surface area contributed by atoms with E-state index < -0.39 is 5.54 Å². The van der Waals surface area contributed by atoms with E-state index in [4.69, 9.17) is 5.73 Å². The van der Waals surface area contributed by atoms with Gasteiger partial charge in [-0.1, -0.05) is 0 Å². The van der Waals surface area contributed by atoms with Crippen molar-refractivity contribution in [3.05, 3.63) is 0 Å². The molecule has 0 radical (unpaired) electrons. The zero-order valence-electron chi connectivity index (χ0n) is 13.2. The summed E-state index contributed by atoms with van der Waals surface area (Å²) < 4.78 is 0. The standard InChI is InChI=1S/C14H28N4O2/c1-5-17(6-2)12(19)11-16-7-9-18(10-8-16)13(20)14(3,4)15/h5-11,15H2,1-4H3. The quantitative estimate of drug-likeness (QED) is 0.755. The molecule has 1 heterocycles. The molecule has 0 saturated carbocycles. The molecule has 6 heteroatoms. The van der Waals surface area contributed by atoms with E-state index in [1.807, 2.05) is 18.7 Å². The second-order valence-electron chi connectivity index (χ2n) is 5.86. The van der Waals surface area contributed by atoms with Gasteiger partial charge in [0.25, 0.3) is 0 Å². The summed E-state index contributed by atoms with van der Waals surface area (Å²) in [6.45, 7) is 12.1. The lowest BCUT2D eigenvalue weighted by atomic mass is 10.0. The summed E-state index contributed by atoms with van der Waals surface area (Å²) in [6.07, 6.45) is 0. The van der Waals surface area contributed by atoms with Crippen LogP contribution in [0.1, 0.15) is 27.7 Å². The number of rotatable bonds is 5. The second-order valence-corrected chi connectivity index (χ2v) is 5.86. The molecule has 0 aromatic carbocycles. The van der Waals surface area contributed by atoms with E-state index in [2.05, 4.69) is 4.90 Å². The van der Waals surface area contributed by atoms with Gasteiger partial charge in [0.05, 0.1) is 12.1 Å². The van der Waals surface area contributed by atoms with Gasteiger partial charge in [-0.2, -0.15) is 0 Å². The SMILES string of the molecule is CCN(CC)C(=O)CN1CCN(C(=O)C(C)(C)N)CC1. The average Bonchev–Trinajstić information content (AvgIpc) is 2.39. The van der Waals surface area contributed by atoms with Crippen molar-refractivity contribution < 1.29 is 9.59 Å². The minimum absolute atomic E-state index is 0.0211. The van der Waals surface area contributed by atoms with E-state index in [1.54, 1.807) is 18.7 Å². The lowest BCUT2D eigenvalue weighted by Gasteiger charge is -2.37. The topological polar surface area (TPSA) is 69.9 Å². The molecule has 0 aromatic rings. The van der Waals surface area contributed by atoms with Crippen molar-refractivity contribution in [3.63, 3.8) is 0 Å². The van der Waals surface area contributed by atoms with E-state index in [0.29, 0.717) is 19.6 Å². The first-order valence-corrected chi connectivity index (χ1v) is 7.38. The zero-order valence-corrected chi connectivity index (χ0v) is 13.2. The van der Waals surface area contributed by atoms with Gasteiger partial charge in [0.1, 0.15) is 0 Å². The van der Waals surface area contributed by atoms with Crippen LogP contribution in [0.2, 0.25) is 0 Å². The molecular formula is C14H28N4O2. The Morgan fingerprint density at radius 2 is 1.60 bits per heavy atom. The molecule has 0 bridgehead atoms. The minimum atomic E-state index is -0.820. The Bertz CT molecular complexity index is 340. The molecule has 6 nitrogen and oxygen atoms in total. The first-order chi connectivity index (χ1) is 9.29. The summed E-state index contributed by atoms with van der Waals surface area (Å²) in [6, 6.07) is 0. The van der Waals surface area contributed by atoms with Crippen LogP contribution in [0.3, 0.4) is 0 Å². The van der Waals surface area contributed by atoms with Crippen LogP contribution >= 0.6 is 0 Å². The second kappa shape index (κ2) is 7.04. The smallest absolute Gasteiger partial charge is 0.242 e. The highest BCUT2D eigenvalue weighted by Crippen LogP contribution is 2.09. The summed E-state index contributed by atoms with van der Waals surface area (Å²) in [5, 5.41) is 0. The van der Waals surface area contributed by atoms with Gasteiger partial charge in [-0.3, -0.25) is 14.5 Å². The lowest BCUT2D eigenvalue weighted by molar-refractivity contribution is -0.138. The maximum Gasteiger partial charge on any atom is 0.242 e. The van der Waals surface area contributed by atoms with Gasteiger partial charge in [-0.25, -0.2) is 0 Å². The molecule has 0 spiro atoms. The Kier molecular flexibility index (Phi) is 5.95. The van der Waals surface area contributed by atoms with E-state index >= 15 is 0 Å². The number of nitrogens with zero attached hydrogens (tertiary/aromatic N) is 3. The van der Waals surface area contributed by atoms with Crippen LogP contribution in [0.15, 0.2) is 0 Å². The number of piperazine rings is 1. The van der Waals surface area contributed by atoms with Crippen molar-refractivity contribution in [1.82, 2.24) is 14.7 Å². The third-order valence-electron chi connectivity index (χ3n) is 3.69. The zero-order chi connectivity index (χ0) is 15.3. The monoisotopic (exact) mass is 284 g/mol. The van der Waals surface area contributed by atoms with Crippen LogP contribution in [-0.2, 0) is 9.59 Å². The Morgan fingerprint density at radius 3 is 2.00 bits per heavy atom. The molecular weight excluding hydrogens is 256 g/mol. The fourth-order valence-corrected chi connectivity index (χ4v) is 2.38. The van der Waals surface area contributed by atoms with Gasteiger partial charge in [-0.15, -0.1) is 0 Å². The highest BCUT2D eigenvalue weighted by Gasteiger charge is 2.30. The Balaban J connectivity index is 2.43. The number of hydrogen-bond donors (Lipinski definition) is 1. The summed E-state index contributed by atoms with van der Waals surface area (Å²) in [7, 11) is 0. The predicted octanol–water partition coefficient (Wildman–Crippen LogP) is -0.264. The molecule has 1 aliphatic heterocycles. The normalized spacial score (nSPS) is 17.1. The number of amides is 2. The highest BCUT2D eigenvalue weighted by atomic mass is 16.2. The summed E-state index contributed by atoms with van der Waals surface area (Å²) >= 11 is 0. The van der Waals surface area contributed by atoms with E-state index in [0.717, 1.165) is 26.2 Å². The predicted molar refractivity (Wildman–Crippen MR) is 79.2 cm³/mol. The van der Waals surface area contributed by atoms with Gasteiger partial charge in [0.2, 0.25) is 11.8 Å². The van der Waals surface area contributed by atoms with Crippen LogP contribution in [0.5, 0.6) is 0 Å². The molecule has 0 aromatic heterocycles. The van der Waals surface area contributed by atoms with E-state index in [9.17, 15) is 9.59 Å². The molecule has 20 heavy (non-hydrogen) atoms. The number of carbonyl (C=O) groups is 2. The van der Waals surface area contributed by atoms with Crippen molar-refractivity contribution in [3.8, 4) is 0 Å². The summed E-state index contributed by atoms with van der Waals surface area (Å²) in [5.74, 6) is 0.140. The third kappa shape index (κ3) is 4.45.